The van der Waals surface area contributed by atoms with Crippen LogP contribution in [0, 0.1) is 0 Å². The molecule has 0 aliphatic carbocycles. The maximum atomic E-state index is 12.6. The lowest BCUT2D eigenvalue weighted by Crippen LogP contribution is -2.32. The van der Waals surface area contributed by atoms with Gasteiger partial charge in [-0.15, -0.1) is 0 Å². The molecule has 1 N–H and O–H groups in total. The number of nitrogens with one attached hydrogen (secondary N) is 1. The van der Waals surface area contributed by atoms with E-state index in [1.54, 1.807) is 7.11 Å². The lowest BCUT2D eigenvalue weighted by atomic mass is 10.2. The summed E-state index contributed by atoms with van der Waals surface area (Å²) in [6.45, 7) is 0.936. The van der Waals surface area contributed by atoms with Gasteiger partial charge in [0.1, 0.15) is 5.75 Å². The van der Waals surface area contributed by atoms with Gasteiger partial charge in [-0.2, -0.15) is 0 Å². The van der Waals surface area contributed by atoms with E-state index in [0.717, 1.165) is 22.7 Å². The van der Waals surface area contributed by atoms with E-state index in [9.17, 15) is 4.79 Å². The molecule has 0 radical (unpaired) electrons. The van der Waals surface area contributed by atoms with Gasteiger partial charge in [0.05, 0.1) is 13.7 Å². The van der Waals surface area contributed by atoms with Crippen LogP contribution < -0.4 is 15.0 Å². The molecule has 4 heteroatoms. The van der Waals surface area contributed by atoms with Gasteiger partial charge in [0, 0.05) is 17.9 Å². The third-order valence-electron chi connectivity index (χ3n) is 4.05. The largest absolute Gasteiger partial charge is 0.497 e. The molecule has 0 unspecified atom stereocenters. The second kappa shape index (κ2) is 8.72. The van der Waals surface area contributed by atoms with E-state index < -0.39 is 0 Å². The molecule has 4 nitrogen and oxygen atoms in total. The minimum absolute atomic E-state index is 0.0602. The summed E-state index contributed by atoms with van der Waals surface area (Å²) in [4.78, 5) is 14.6. The van der Waals surface area contributed by atoms with E-state index in [2.05, 4.69) is 22.3 Å². The molecule has 0 saturated carbocycles. The van der Waals surface area contributed by atoms with Crippen LogP contribution >= 0.6 is 0 Å². The summed E-state index contributed by atoms with van der Waals surface area (Å²) in [5.41, 5.74) is 2.93. The van der Waals surface area contributed by atoms with Crippen molar-refractivity contribution in [2.24, 2.45) is 0 Å². The number of nitrogens with zero attached hydrogens (tertiary/aromatic N) is 1. The summed E-state index contributed by atoms with van der Waals surface area (Å²) in [5.74, 6) is 0.702. The SMILES string of the molecule is COc1ccc(NC(=O)CN(Cc2ccccc2)c2ccccc2)cc1. The standard InChI is InChI=1S/C22H22N2O2/c1-26-21-14-12-19(13-15-21)23-22(25)17-24(20-10-6-3-7-11-20)16-18-8-4-2-5-9-18/h2-15H,16-17H2,1H3,(H,23,25). The van der Waals surface area contributed by atoms with Crippen LogP contribution in [0.5, 0.6) is 5.75 Å². The number of anilines is 2. The van der Waals surface area contributed by atoms with Crippen molar-refractivity contribution < 1.29 is 9.53 Å². The minimum atomic E-state index is -0.0602. The summed E-state index contributed by atoms with van der Waals surface area (Å²) in [6.07, 6.45) is 0. The molecule has 1 amide bonds. The van der Waals surface area contributed by atoms with Gasteiger partial charge in [-0.1, -0.05) is 48.5 Å². The quantitative estimate of drug-likeness (QED) is 0.692. The van der Waals surface area contributed by atoms with E-state index in [-0.39, 0.29) is 12.5 Å². The molecule has 0 aliphatic heterocycles. The van der Waals surface area contributed by atoms with E-state index in [1.165, 1.54) is 0 Å². The Kier molecular flexibility index (Phi) is 5.88. The van der Waals surface area contributed by atoms with E-state index in [4.69, 9.17) is 4.74 Å². The number of para-hydroxylation sites is 1. The van der Waals surface area contributed by atoms with Crippen LogP contribution in [0.2, 0.25) is 0 Å². The lowest BCUT2D eigenvalue weighted by Gasteiger charge is -2.24. The molecule has 0 bridgehead atoms. The van der Waals surface area contributed by atoms with Crippen molar-refractivity contribution >= 4 is 17.3 Å². The topological polar surface area (TPSA) is 41.6 Å². The summed E-state index contributed by atoms with van der Waals surface area (Å²) < 4.78 is 5.14. The first-order valence-corrected chi connectivity index (χ1v) is 8.52. The van der Waals surface area contributed by atoms with Crippen LogP contribution in [0.1, 0.15) is 5.56 Å². The molecule has 0 aromatic heterocycles. The van der Waals surface area contributed by atoms with Gasteiger partial charge in [-0.3, -0.25) is 4.79 Å². The Balaban J connectivity index is 1.71. The van der Waals surface area contributed by atoms with Crippen LogP contribution in [-0.2, 0) is 11.3 Å². The Hall–Kier alpha value is -3.27. The Morgan fingerprint density at radius 3 is 2.12 bits per heavy atom. The number of benzene rings is 3. The van der Waals surface area contributed by atoms with E-state index >= 15 is 0 Å². The average molecular weight is 346 g/mol. The van der Waals surface area contributed by atoms with Crippen LogP contribution in [0.3, 0.4) is 0 Å². The number of hydrogen-bond donors (Lipinski definition) is 1. The molecule has 0 spiro atoms. The second-order valence-electron chi connectivity index (χ2n) is 5.95. The van der Waals surface area contributed by atoms with E-state index in [1.807, 2.05) is 72.8 Å². The Bertz CT molecular complexity index is 818. The zero-order valence-corrected chi connectivity index (χ0v) is 14.8. The molecular formula is C22H22N2O2. The van der Waals surface area contributed by atoms with Gasteiger partial charge in [-0.25, -0.2) is 0 Å². The lowest BCUT2D eigenvalue weighted by molar-refractivity contribution is -0.115. The highest BCUT2D eigenvalue weighted by Crippen LogP contribution is 2.18. The molecule has 132 valence electrons. The van der Waals surface area contributed by atoms with Gasteiger partial charge in [-0.05, 0) is 42.0 Å². The summed E-state index contributed by atoms with van der Waals surface area (Å²) in [5, 5.41) is 2.94. The van der Waals surface area contributed by atoms with Crippen LogP contribution in [0.25, 0.3) is 0 Å². The second-order valence-corrected chi connectivity index (χ2v) is 5.95. The highest BCUT2D eigenvalue weighted by molar-refractivity contribution is 5.94. The van der Waals surface area contributed by atoms with Gasteiger partial charge in [0.25, 0.3) is 0 Å². The van der Waals surface area contributed by atoms with Crippen molar-refractivity contribution in [1.82, 2.24) is 0 Å². The van der Waals surface area contributed by atoms with Gasteiger partial charge < -0.3 is 15.0 Å². The molecular weight excluding hydrogens is 324 g/mol. The van der Waals surface area contributed by atoms with E-state index in [0.29, 0.717) is 6.54 Å². The zero-order valence-electron chi connectivity index (χ0n) is 14.8. The smallest absolute Gasteiger partial charge is 0.243 e. The predicted octanol–water partition coefficient (Wildman–Crippen LogP) is 4.34. The molecule has 3 rings (SSSR count). The van der Waals surface area contributed by atoms with Gasteiger partial charge in [0.2, 0.25) is 5.91 Å². The number of methoxy groups -OCH3 is 1. The number of amides is 1. The average Bonchev–Trinajstić information content (AvgIpc) is 2.69. The molecule has 0 saturated heterocycles. The van der Waals surface area contributed by atoms with Crippen molar-refractivity contribution in [3.8, 4) is 5.75 Å². The first-order valence-electron chi connectivity index (χ1n) is 8.52. The number of carbonyl (C=O) groups is 1. The van der Waals surface area contributed by atoms with Crippen molar-refractivity contribution in [2.75, 3.05) is 23.9 Å². The van der Waals surface area contributed by atoms with Gasteiger partial charge >= 0.3 is 0 Å². The summed E-state index contributed by atoms with van der Waals surface area (Å²) in [7, 11) is 1.62. The highest BCUT2D eigenvalue weighted by Gasteiger charge is 2.12. The summed E-state index contributed by atoms with van der Waals surface area (Å²) >= 11 is 0. The third-order valence-corrected chi connectivity index (χ3v) is 4.05. The van der Waals surface area contributed by atoms with Crippen molar-refractivity contribution in [2.45, 2.75) is 6.54 Å². The van der Waals surface area contributed by atoms with Crippen molar-refractivity contribution in [3.05, 3.63) is 90.5 Å². The molecule has 3 aromatic rings. The molecule has 0 heterocycles. The normalized spacial score (nSPS) is 10.2. The number of hydrogen-bond acceptors (Lipinski definition) is 3. The van der Waals surface area contributed by atoms with Crippen molar-refractivity contribution in [3.63, 3.8) is 0 Å². The highest BCUT2D eigenvalue weighted by atomic mass is 16.5. The molecule has 3 aromatic carbocycles. The molecule has 0 atom stereocenters. The fraction of sp³-hybridized carbons (Fsp3) is 0.136. The van der Waals surface area contributed by atoms with Gasteiger partial charge in [0.15, 0.2) is 0 Å². The Labute approximate surface area is 154 Å². The minimum Gasteiger partial charge on any atom is -0.497 e. The van der Waals surface area contributed by atoms with Crippen LogP contribution in [0.15, 0.2) is 84.9 Å². The van der Waals surface area contributed by atoms with Crippen LogP contribution in [-0.4, -0.2) is 19.6 Å². The fourth-order valence-electron chi connectivity index (χ4n) is 2.73. The first-order chi connectivity index (χ1) is 12.7. The monoisotopic (exact) mass is 346 g/mol. The number of rotatable bonds is 7. The third kappa shape index (κ3) is 4.86. The Morgan fingerprint density at radius 1 is 0.885 bits per heavy atom. The van der Waals surface area contributed by atoms with Crippen LogP contribution in [0.4, 0.5) is 11.4 Å². The maximum absolute atomic E-state index is 12.6. The summed E-state index contributed by atoms with van der Waals surface area (Å²) in [6, 6.07) is 27.4. The Morgan fingerprint density at radius 2 is 1.50 bits per heavy atom. The molecule has 0 fully saturated rings. The molecule has 26 heavy (non-hydrogen) atoms. The van der Waals surface area contributed by atoms with Crippen molar-refractivity contribution in [1.29, 1.82) is 0 Å². The first kappa shape index (κ1) is 17.5. The number of ether oxygens (including phenoxy) is 1. The zero-order chi connectivity index (χ0) is 18.2. The number of carbonyl (C=O) groups excluding carboxylic acids is 1. The fourth-order valence-corrected chi connectivity index (χ4v) is 2.73. The maximum Gasteiger partial charge on any atom is 0.243 e. The molecule has 0 aliphatic rings. The predicted molar refractivity (Wildman–Crippen MR) is 106 cm³/mol.